The largest absolute Gasteiger partial charge is 0.391 e. The van der Waals surface area contributed by atoms with Gasteiger partial charge in [0.1, 0.15) is 6.61 Å². The summed E-state index contributed by atoms with van der Waals surface area (Å²) in [4.78, 5) is 7.89. The second-order valence-electron chi connectivity index (χ2n) is 5.11. The minimum absolute atomic E-state index is 0.328. The Morgan fingerprint density at radius 1 is 1.21 bits per heavy atom. The van der Waals surface area contributed by atoms with Crippen molar-refractivity contribution < 1.29 is 4.84 Å². The summed E-state index contributed by atoms with van der Waals surface area (Å²) in [5, 5.41) is 5.55. The van der Waals surface area contributed by atoms with E-state index in [0.29, 0.717) is 22.6 Å². The second-order valence-corrected chi connectivity index (χ2v) is 5.92. The number of piperidine rings is 3. The van der Waals surface area contributed by atoms with Gasteiger partial charge in [-0.05, 0) is 38.1 Å². The zero-order chi connectivity index (χ0) is 13.2. The molecule has 3 fully saturated rings. The molecule has 0 spiro atoms. The standard InChI is InChI=1S/C14H16Cl2N2O/c15-12-2-1-3-13(16)11(12)9-19-17-14-8-18-6-4-10(14)5-7-18/h1-3,10H,4-9H2/b17-14-. The van der Waals surface area contributed by atoms with Crippen LogP contribution in [0.2, 0.25) is 10.0 Å². The first kappa shape index (κ1) is 13.2. The van der Waals surface area contributed by atoms with Crippen LogP contribution in [0.1, 0.15) is 18.4 Å². The van der Waals surface area contributed by atoms with Gasteiger partial charge in [-0.15, -0.1) is 0 Å². The van der Waals surface area contributed by atoms with E-state index < -0.39 is 0 Å². The van der Waals surface area contributed by atoms with Crippen molar-refractivity contribution in [2.24, 2.45) is 11.1 Å². The molecular weight excluding hydrogens is 283 g/mol. The molecule has 2 bridgehead atoms. The minimum atomic E-state index is 0.328. The van der Waals surface area contributed by atoms with E-state index in [2.05, 4.69) is 10.1 Å². The van der Waals surface area contributed by atoms with Gasteiger partial charge in [0, 0.05) is 28.1 Å². The summed E-state index contributed by atoms with van der Waals surface area (Å²) in [6.07, 6.45) is 2.41. The lowest BCUT2D eigenvalue weighted by Gasteiger charge is -2.39. The highest BCUT2D eigenvalue weighted by Gasteiger charge is 2.31. The zero-order valence-corrected chi connectivity index (χ0v) is 12.1. The third kappa shape index (κ3) is 2.88. The molecule has 0 aliphatic carbocycles. The number of oxime groups is 1. The van der Waals surface area contributed by atoms with Crippen molar-refractivity contribution in [1.82, 2.24) is 4.90 Å². The van der Waals surface area contributed by atoms with Crippen molar-refractivity contribution >= 4 is 28.9 Å². The van der Waals surface area contributed by atoms with Gasteiger partial charge in [0.05, 0.1) is 5.71 Å². The molecule has 0 aromatic heterocycles. The highest BCUT2D eigenvalue weighted by atomic mass is 35.5. The van der Waals surface area contributed by atoms with E-state index in [4.69, 9.17) is 28.0 Å². The van der Waals surface area contributed by atoms with Gasteiger partial charge in [0.15, 0.2) is 0 Å². The summed E-state index contributed by atoms with van der Waals surface area (Å²) in [5.41, 5.74) is 1.97. The van der Waals surface area contributed by atoms with Crippen LogP contribution in [0.25, 0.3) is 0 Å². The van der Waals surface area contributed by atoms with E-state index in [1.165, 1.54) is 31.6 Å². The Balaban J connectivity index is 1.64. The molecule has 3 nitrogen and oxygen atoms in total. The molecule has 3 saturated heterocycles. The van der Waals surface area contributed by atoms with Gasteiger partial charge in [-0.25, -0.2) is 0 Å². The first-order valence-electron chi connectivity index (χ1n) is 6.58. The molecule has 0 N–H and O–H groups in total. The molecule has 1 aromatic rings. The number of nitrogens with zero attached hydrogens (tertiary/aromatic N) is 2. The average molecular weight is 299 g/mol. The number of hydrogen-bond acceptors (Lipinski definition) is 3. The van der Waals surface area contributed by atoms with Gasteiger partial charge >= 0.3 is 0 Å². The summed E-state index contributed by atoms with van der Waals surface area (Å²) in [6, 6.07) is 5.45. The van der Waals surface area contributed by atoms with Gasteiger partial charge in [-0.3, -0.25) is 4.90 Å². The third-order valence-electron chi connectivity index (χ3n) is 3.90. The predicted octanol–water partition coefficient (Wildman–Crippen LogP) is 3.59. The summed E-state index contributed by atoms with van der Waals surface area (Å²) < 4.78 is 0. The molecule has 5 heteroatoms. The van der Waals surface area contributed by atoms with Crippen molar-refractivity contribution in [3.05, 3.63) is 33.8 Å². The molecule has 4 rings (SSSR count). The molecular formula is C14H16Cl2N2O. The monoisotopic (exact) mass is 298 g/mol. The van der Waals surface area contributed by atoms with Crippen LogP contribution in [0.4, 0.5) is 0 Å². The van der Waals surface area contributed by atoms with Crippen molar-refractivity contribution in [3.8, 4) is 0 Å². The van der Waals surface area contributed by atoms with Crippen LogP contribution >= 0.6 is 23.2 Å². The molecule has 19 heavy (non-hydrogen) atoms. The summed E-state index contributed by atoms with van der Waals surface area (Å²) >= 11 is 12.2. The first-order chi connectivity index (χ1) is 9.24. The summed E-state index contributed by atoms with van der Waals surface area (Å²) in [5.74, 6) is 0.603. The summed E-state index contributed by atoms with van der Waals surface area (Å²) in [7, 11) is 0. The van der Waals surface area contributed by atoms with E-state index >= 15 is 0 Å². The molecule has 102 valence electrons. The fourth-order valence-electron chi connectivity index (χ4n) is 2.74. The molecule has 0 unspecified atom stereocenters. The predicted molar refractivity (Wildman–Crippen MR) is 77.9 cm³/mol. The Morgan fingerprint density at radius 3 is 2.47 bits per heavy atom. The SMILES string of the molecule is Clc1cccc(Cl)c1CO/N=C1/CN2CCC1CC2. The van der Waals surface area contributed by atoms with E-state index in [9.17, 15) is 0 Å². The Kier molecular flexibility index (Phi) is 3.96. The first-order valence-corrected chi connectivity index (χ1v) is 7.33. The molecule has 3 aliphatic heterocycles. The Morgan fingerprint density at radius 2 is 1.89 bits per heavy atom. The quantitative estimate of drug-likeness (QED) is 0.797. The lowest BCUT2D eigenvalue weighted by atomic mass is 9.87. The third-order valence-corrected chi connectivity index (χ3v) is 4.61. The number of hydrogen-bond donors (Lipinski definition) is 0. The maximum atomic E-state index is 6.09. The van der Waals surface area contributed by atoms with Crippen LogP contribution < -0.4 is 0 Å². The molecule has 0 amide bonds. The maximum absolute atomic E-state index is 6.09. The molecule has 3 aliphatic rings. The van der Waals surface area contributed by atoms with Crippen molar-refractivity contribution in [2.75, 3.05) is 19.6 Å². The lowest BCUT2D eigenvalue weighted by molar-refractivity contribution is 0.118. The fourth-order valence-corrected chi connectivity index (χ4v) is 3.24. The fraction of sp³-hybridized carbons (Fsp3) is 0.500. The van der Waals surface area contributed by atoms with Gasteiger partial charge < -0.3 is 4.84 Å². The molecule has 3 heterocycles. The topological polar surface area (TPSA) is 24.8 Å². The van der Waals surface area contributed by atoms with E-state index in [0.717, 1.165) is 12.1 Å². The van der Waals surface area contributed by atoms with Gasteiger partial charge in [0.25, 0.3) is 0 Å². The Hall–Kier alpha value is -0.770. The molecule has 0 atom stereocenters. The molecule has 1 aromatic carbocycles. The van der Waals surface area contributed by atoms with Crippen molar-refractivity contribution in [3.63, 3.8) is 0 Å². The van der Waals surface area contributed by atoms with Crippen LogP contribution in [0.3, 0.4) is 0 Å². The molecule has 0 radical (unpaired) electrons. The number of rotatable bonds is 3. The highest BCUT2D eigenvalue weighted by molar-refractivity contribution is 6.35. The number of benzene rings is 1. The van der Waals surface area contributed by atoms with Gasteiger partial charge in [0.2, 0.25) is 0 Å². The average Bonchev–Trinajstić information content (AvgIpc) is 2.43. The smallest absolute Gasteiger partial charge is 0.145 e. The normalized spacial score (nSPS) is 27.8. The van der Waals surface area contributed by atoms with Gasteiger partial charge in [-0.2, -0.15) is 0 Å². The van der Waals surface area contributed by atoms with Crippen LogP contribution in [-0.2, 0) is 11.4 Å². The van der Waals surface area contributed by atoms with Crippen molar-refractivity contribution in [2.45, 2.75) is 19.4 Å². The van der Waals surface area contributed by atoms with Crippen molar-refractivity contribution in [1.29, 1.82) is 0 Å². The Bertz CT molecular complexity index is 476. The van der Waals surface area contributed by atoms with Crippen LogP contribution in [0, 0.1) is 5.92 Å². The van der Waals surface area contributed by atoms with Crippen LogP contribution in [-0.4, -0.2) is 30.2 Å². The number of fused-ring (bicyclic) bond motifs is 3. The number of halogens is 2. The van der Waals surface area contributed by atoms with Crippen LogP contribution in [0.15, 0.2) is 23.4 Å². The maximum Gasteiger partial charge on any atom is 0.145 e. The van der Waals surface area contributed by atoms with E-state index in [1.807, 2.05) is 18.2 Å². The van der Waals surface area contributed by atoms with E-state index in [1.54, 1.807) is 0 Å². The second kappa shape index (κ2) is 5.70. The summed E-state index contributed by atoms with van der Waals surface area (Å²) in [6.45, 7) is 3.66. The minimum Gasteiger partial charge on any atom is -0.391 e. The Labute approximate surface area is 123 Å². The molecule has 0 saturated carbocycles. The highest BCUT2D eigenvalue weighted by Crippen LogP contribution is 2.27. The lowest BCUT2D eigenvalue weighted by Crippen LogP contribution is -2.47. The zero-order valence-electron chi connectivity index (χ0n) is 10.6. The van der Waals surface area contributed by atoms with E-state index in [-0.39, 0.29) is 0 Å². The van der Waals surface area contributed by atoms with Crippen LogP contribution in [0.5, 0.6) is 0 Å². The van der Waals surface area contributed by atoms with Gasteiger partial charge in [-0.1, -0.05) is 34.4 Å².